The first-order valence-electron chi connectivity index (χ1n) is 6.11. The van der Waals surface area contributed by atoms with Crippen LogP contribution in [0.5, 0.6) is 0 Å². The number of benzene rings is 1. The first-order valence-corrected chi connectivity index (χ1v) is 6.49. The number of carbonyl (C=O) groups is 2. The van der Waals surface area contributed by atoms with Crippen LogP contribution in [-0.2, 0) is 4.79 Å². The monoisotopic (exact) mass is 284 g/mol. The van der Waals surface area contributed by atoms with Gasteiger partial charge < -0.3 is 10.6 Å². The van der Waals surface area contributed by atoms with Crippen molar-refractivity contribution in [3.8, 4) is 0 Å². The Morgan fingerprint density at radius 3 is 3.00 bits per heavy atom. The topological polar surface area (TPSA) is 58.2 Å². The van der Waals surface area contributed by atoms with Gasteiger partial charge in [0.2, 0.25) is 5.91 Å². The lowest BCUT2D eigenvalue weighted by molar-refractivity contribution is -0.122. The van der Waals surface area contributed by atoms with Gasteiger partial charge in [-0.25, -0.2) is 4.39 Å². The van der Waals surface area contributed by atoms with Crippen LogP contribution in [0.25, 0.3) is 0 Å². The molecule has 1 fully saturated rings. The standard InChI is InChI=1S/C13H14ClFN2O2/c14-8-4-5-10(15)9(7-8)12(18)17-11-3-1-2-6-16-13(11)19/h4-5,7,11H,1-3,6H2,(H,16,19)(H,17,18). The van der Waals surface area contributed by atoms with Crippen LogP contribution in [0.2, 0.25) is 5.02 Å². The van der Waals surface area contributed by atoms with E-state index in [2.05, 4.69) is 10.6 Å². The molecule has 1 heterocycles. The highest BCUT2D eigenvalue weighted by atomic mass is 35.5. The Morgan fingerprint density at radius 1 is 1.42 bits per heavy atom. The van der Waals surface area contributed by atoms with Gasteiger partial charge in [-0.1, -0.05) is 11.6 Å². The van der Waals surface area contributed by atoms with E-state index < -0.39 is 17.8 Å². The molecule has 0 spiro atoms. The maximum absolute atomic E-state index is 13.5. The van der Waals surface area contributed by atoms with Crippen molar-refractivity contribution >= 4 is 23.4 Å². The number of carbonyl (C=O) groups excluding carboxylic acids is 2. The molecule has 2 N–H and O–H groups in total. The van der Waals surface area contributed by atoms with Gasteiger partial charge in [-0.15, -0.1) is 0 Å². The molecule has 2 amide bonds. The van der Waals surface area contributed by atoms with E-state index in [0.29, 0.717) is 13.0 Å². The maximum atomic E-state index is 13.5. The minimum Gasteiger partial charge on any atom is -0.354 e. The van der Waals surface area contributed by atoms with Gasteiger partial charge in [-0.05, 0) is 37.5 Å². The fraction of sp³-hybridized carbons (Fsp3) is 0.385. The van der Waals surface area contributed by atoms with E-state index in [4.69, 9.17) is 11.6 Å². The van der Waals surface area contributed by atoms with Crippen LogP contribution in [0.4, 0.5) is 4.39 Å². The molecule has 102 valence electrons. The summed E-state index contributed by atoms with van der Waals surface area (Å²) in [6.07, 6.45) is 2.27. The molecule has 0 aliphatic carbocycles. The Morgan fingerprint density at radius 2 is 2.21 bits per heavy atom. The molecular formula is C13H14ClFN2O2. The summed E-state index contributed by atoms with van der Waals surface area (Å²) in [5, 5.41) is 5.52. The number of hydrogen-bond acceptors (Lipinski definition) is 2. The van der Waals surface area contributed by atoms with Gasteiger partial charge in [0.05, 0.1) is 5.56 Å². The molecule has 1 atom stereocenters. The number of amides is 2. The molecule has 1 aromatic carbocycles. The van der Waals surface area contributed by atoms with Crippen molar-refractivity contribution in [1.82, 2.24) is 10.6 Å². The van der Waals surface area contributed by atoms with E-state index in [1.54, 1.807) is 0 Å². The van der Waals surface area contributed by atoms with Gasteiger partial charge in [0.1, 0.15) is 11.9 Å². The predicted octanol–water partition coefficient (Wildman–Crippen LogP) is 1.88. The molecule has 0 radical (unpaired) electrons. The average molecular weight is 285 g/mol. The molecule has 1 unspecified atom stereocenters. The Balaban J connectivity index is 2.11. The predicted molar refractivity (Wildman–Crippen MR) is 69.5 cm³/mol. The van der Waals surface area contributed by atoms with Gasteiger partial charge in [0.15, 0.2) is 0 Å². The van der Waals surface area contributed by atoms with Crippen molar-refractivity contribution in [2.75, 3.05) is 6.54 Å². The average Bonchev–Trinajstić information content (AvgIpc) is 2.58. The van der Waals surface area contributed by atoms with Crippen molar-refractivity contribution < 1.29 is 14.0 Å². The van der Waals surface area contributed by atoms with Gasteiger partial charge in [-0.2, -0.15) is 0 Å². The summed E-state index contributed by atoms with van der Waals surface area (Å²) < 4.78 is 13.5. The van der Waals surface area contributed by atoms with Crippen molar-refractivity contribution in [3.63, 3.8) is 0 Å². The van der Waals surface area contributed by atoms with Crippen molar-refractivity contribution in [1.29, 1.82) is 0 Å². The fourth-order valence-corrected chi connectivity index (χ4v) is 2.16. The lowest BCUT2D eigenvalue weighted by Crippen LogP contribution is -2.45. The zero-order valence-electron chi connectivity index (χ0n) is 10.2. The number of nitrogens with one attached hydrogen (secondary N) is 2. The Hall–Kier alpha value is -1.62. The Bertz CT molecular complexity index is 507. The van der Waals surface area contributed by atoms with E-state index in [1.165, 1.54) is 12.1 Å². The van der Waals surface area contributed by atoms with E-state index in [9.17, 15) is 14.0 Å². The summed E-state index contributed by atoms with van der Waals surface area (Å²) in [7, 11) is 0. The molecule has 6 heteroatoms. The van der Waals surface area contributed by atoms with Crippen LogP contribution in [0, 0.1) is 5.82 Å². The van der Waals surface area contributed by atoms with Crippen molar-refractivity contribution in [3.05, 3.63) is 34.6 Å². The summed E-state index contributed by atoms with van der Waals surface area (Å²) in [5.74, 6) is -1.51. The molecule has 19 heavy (non-hydrogen) atoms. The highest BCUT2D eigenvalue weighted by Crippen LogP contribution is 2.15. The second kappa shape index (κ2) is 6.02. The SMILES string of the molecule is O=C(NC1CCCCNC1=O)c1cc(Cl)ccc1F. The highest BCUT2D eigenvalue weighted by Gasteiger charge is 2.24. The summed E-state index contributed by atoms with van der Waals surface area (Å²) >= 11 is 5.73. The first kappa shape index (κ1) is 13.8. The molecule has 2 rings (SSSR count). The van der Waals surface area contributed by atoms with Crippen molar-refractivity contribution in [2.24, 2.45) is 0 Å². The molecule has 1 aliphatic rings. The third kappa shape index (κ3) is 3.44. The molecule has 1 saturated heterocycles. The van der Waals surface area contributed by atoms with Crippen LogP contribution in [0.3, 0.4) is 0 Å². The summed E-state index contributed by atoms with van der Waals surface area (Å²) in [5.41, 5.74) is -0.149. The smallest absolute Gasteiger partial charge is 0.254 e. The number of halogens is 2. The molecule has 4 nitrogen and oxygen atoms in total. The first-order chi connectivity index (χ1) is 9.08. The molecule has 1 aromatic rings. The maximum Gasteiger partial charge on any atom is 0.254 e. The van der Waals surface area contributed by atoms with E-state index >= 15 is 0 Å². The summed E-state index contributed by atoms with van der Waals surface area (Å²) in [4.78, 5) is 23.6. The van der Waals surface area contributed by atoms with E-state index in [1.807, 2.05) is 0 Å². The fourth-order valence-electron chi connectivity index (χ4n) is 1.98. The van der Waals surface area contributed by atoms with Crippen LogP contribution >= 0.6 is 11.6 Å². The lowest BCUT2D eigenvalue weighted by Gasteiger charge is -2.15. The second-order valence-electron chi connectivity index (χ2n) is 4.44. The molecular weight excluding hydrogens is 271 g/mol. The van der Waals surface area contributed by atoms with Crippen LogP contribution in [0.1, 0.15) is 29.6 Å². The van der Waals surface area contributed by atoms with E-state index in [0.717, 1.165) is 18.9 Å². The zero-order valence-corrected chi connectivity index (χ0v) is 11.0. The molecule has 1 aliphatic heterocycles. The highest BCUT2D eigenvalue weighted by molar-refractivity contribution is 6.31. The van der Waals surface area contributed by atoms with E-state index in [-0.39, 0.29) is 16.5 Å². The summed E-state index contributed by atoms with van der Waals surface area (Å²) in [6.45, 7) is 0.608. The van der Waals surface area contributed by atoms with Gasteiger partial charge in [0, 0.05) is 11.6 Å². The second-order valence-corrected chi connectivity index (χ2v) is 4.87. The van der Waals surface area contributed by atoms with Crippen LogP contribution in [0.15, 0.2) is 18.2 Å². The summed E-state index contributed by atoms with van der Waals surface area (Å²) in [6, 6.07) is 3.13. The van der Waals surface area contributed by atoms with Crippen LogP contribution in [-0.4, -0.2) is 24.4 Å². The zero-order chi connectivity index (χ0) is 13.8. The number of hydrogen-bond donors (Lipinski definition) is 2. The third-order valence-electron chi connectivity index (χ3n) is 3.01. The minimum atomic E-state index is -0.657. The molecule has 0 aromatic heterocycles. The Kier molecular flexibility index (Phi) is 4.37. The normalized spacial score (nSPS) is 19.5. The lowest BCUT2D eigenvalue weighted by atomic mass is 10.1. The van der Waals surface area contributed by atoms with Crippen LogP contribution < -0.4 is 10.6 Å². The molecule has 0 bridgehead atoms. The van der Waals surface area contributed by atoms with Gasteiger partial charge in [-0.3, -0.25) is 9.59 Å². The van der Waals surface area contributed by atoms with Gasteiger partial charge >= 0.3 is 0 Å². The third-order valence-corrected chi connectivity index (χ3v) is 3.25. The quantitative estimate of drug-likeness (QED) is 0.871. The number of rotatable bonds is 2. The van der Waals surface area contributed by atoms with Crippen molar-refractivity contribution in [2.45, 2.75) is 25.3 Å². The molecule has 0 saturated carbocycles. The largest absolute Gasteiger partial charge is 0.354 e. The minimum absolute atomic E-state index is 0.149. The van der Waals surface area contributed by atoms with Gasteiger partial charge in [0.25, 0.3) is 5.91 Å². The Labute approximate surface area is 115 Å².